The molecule has 0 saturated carbocycles. The Hall–Kier alpha value is -2.78. The predicted molar refractivity (Wildman–Crippen MR) is 115 cm³/mol. The van der Waals surface area contributed by atoms with Crippen LogP contribution in [0.3, 0.4) is 0 Å². The van der Waals surface area contributed by atoms with Gasteiger partial charge in [-0.1, -0.05) is 13.0 Å². The monoisotopic (exact) mass is 436 g/mol. The first-order valence-corrected chi connectivity index (χ1v) is 11.0. The number of anilines is 1. The first-order chi connectivity index (χ1) is 14.2. The third-order valence-electron chi connectivity index (χ3n) is 4.69. The summed E-state index contributed by atoms with van der Waals surface area (Å²) < 4.78 is 38.9. The molecule has 0 bridgehead atoms. The number of hydrogen-bond acceptors (Lipinski definition) is 6. The molecule has 0 spiro atoms. The lowest BCUT2D eigenvalue weighted by Crippen LogP contribution is -2.28. The number of carbonyl (C=O) groups is 1. The van der Waals surface area contributed by atoms with E-state index in [4.69, 9.17) is 9.47 Å². The quantitative estimate of drug-likeness (QED) is 0.496. The van der Waals surface area contributed by atoms with Crippen molar-refractivity contribution >= 4 is 21.7 Å². The van der Waals surface area contributed by atoms with Crippen LogP contribution in [-0.4, -0.2) is 46.3 Å². The number of carboxylic acids is 1. The molecule has 2 aromatic carbocycles. The van der Waals surface area contributed by atoms with Gasteiger partial charge in [-0.15, -0.1) is 0 Å². The van der Waals surface area contributed by atoms with Crippen LogP contribution in [0.1, 0.15) is 36.2 Å². The number of ether oxygens (including phenoxy) is 2. The maximum atomic E-state index is 12.9. The Balaban J connectivity index is 2.21. The summed E-state index contributed by atoms with van der Waals surface area (Å²) in [6, 6.07) is 9.44. The van der Waals surface area contributed by atoms with Gasteiger partial charge in [0.2, 0.25) is 10.0 Å². The van der Waals surface area contributed by atoms with Gasteiger partial charge < -0.3 is 19.9 Å². The number of benzene rings is 2. The van der Waals surface area contributed by atoms with E-state index >= 15 is 0 Å². The molecule has 0 heterocycles. The molecule has 1 atom stereocenters. The average Bonchev–Trinajstić information content (AvgIpc) is 2.73. The lowest BCUT2D eigenvalue weighted by atomic mass is 10.1. The maximum absolute atomic E-state index is 12.9. The van der Waals surface area contributed by atoms with Crippen LogP contribution >= 0.6 is 0 Å². The molecule has 9 heteroatoms. The smallest absolute Gasteiger partial charge is 0.335 e. The predicted octanol–water partition coefficient (Wildman–Crippen LogP) is 3.13. The number of sulfonamides is 1. The first-order valence-electron chi connectivity index (χ1n) is 9.56. The first kappa shape index (κ1) is 23.5. The van der Waals surface area contributed by atoms with Crippen LogP contribution in [0.2, 0.25) is 0 Å². The van der Waals surface area contributed by atoms with Crippen LogP contribution in [0.5, 0.6) is 11.5 Å². The molecule has 30 heavy (non-hydrogen) atoms. The number of aromatic carboxylic acids is 1. The van der Waals surface area contributed by atoms with E-state index in [1.165, 1.54) is 25.3 Å². The molecule has 2 rings (SSSR count). The van der Waals surface area contributed by atoms with Gasteiger partial charge in [0.25, 0.3) is 0 Å². The van der Waals surface area contributed by atoms with Gasteiger partial charge in [-0.25, -0.2) is 17.9 Å². The van der Waals surface area contributed by atoms with Crippen molar-refractivity contribution in [3.8, 4) is 11.5 Å². The summed E-state index contributed by atoms with van der Waals surface area (Å²) in [5.74, 6) is -0.0352. The molecule has 0 unspecified atom stereocenters. The van der Waals surface area contributed by atoms with E-state index in [1.54, 1.807) is 19.2 Å². The largest absolute Gasteiger partial charge is 0.493 e. The Morgan fingerprint density at radius 1 is 1.10 bits per heavy atom. The Kier molecular flexibility index (Phi) is 8.08. The normalized spacial score (nSPS) is 12.3. The van der Waals surface area contributed by atoms with Crippen molar-refractivity contribution in [3.63, 3.8) is 0 Å². The third kappa shape index (κ3) is 5.87. The number of nitrogens with one attached hydrogen (secondary N) is 2. The number of carboxylic acid groups (broad SMARTS) is 1. The summed E-state index contributed by atoms with van der Waals surface area (Å²) in [5, 5.41) is 12.4. The van der Waals surface area contributed by atoms with Crippen LogP contribution in [0.4, 0.5) is 5.69 Å². The van der Waals surface area contributed by atoms with Crippen LogP contribution in [0, 0.1) is 0 Å². The molecule has 0 aliphatic heterocycles. The van der Waals surface area contributed by atoms with Crippen LogP contribution in [-0.2, 0) is 16.4 Å². The Labute approximate surface area is 177 Å². The van der Waals surface area contributed by atoms with E-state index in [9.17, 15) is 18.3 Å². The van der Waals surface area contributed by atoms with Crippen LogP contribution in [0.15, 0.2) is 41.3 Å². The minimum absolute atomic E-state index is 0.0291. The Bertz CT molecular complexity index is 991. The highest BCUT2D eigenvalue weighted by Crippen LogP contribution is 2.28. The molecule has 0 aliphatic carbocycles. The summed E-state index contributed by atoms with van der Waals surface area (Å²) in [4.78, 5) is 11.2. The Morgan fingerprint density at radius 2 is 1.80 bits per heavy atom. The highest BCUT2D eigenvalue weighted by molar-refractivity contribution is 7.89. The van der Waals surface area contributed by atoms with Crippen molar-refractivity contribution in [1.82, 2.24) is 4.72 Å². The van der Waals surface area contributed by atoms with E-state index < -0.39 is 16.0 Å². The number of methoxy groups -OCH3 is 2. The average molecular weight is 437 g/mol. The van der Waals surface area contributed by atoms with Gasteiger partial charge in [0, 0.05) is 12.6 Å². The summed E-state index contributed by atoms with van der Waals surface area (Å²) >= 11 is 0. The van der Waals surface area contributed by atoms with E-state index in [0.29, 0.717) is 23.6 Å². The van der Waals surface area contributed by atoms with E-state index in [0.717, 1.165) is 12.0 Å². The summed E-state index contributed by atoms with van der Waals surface area (Å²) in [5.41, 5.74) is 1.14. The summed E-state index contributed by atoms with van der Waals surface area (Å²) in [6.45, 7) is 4.03. The van der Waals surface area contributed by atoms with E-state index in [1.807, 2.05) is 19.9 Å². The fraction of sp³-hybridized carbons (Fsp3) is 0.381. The molecule has 164 valence electrons. The zero-order valence-corrected chi connectivity index (χ0v) is 18.4. The second kappa shape index (κ2) is 10.3. The second-order valence-corrected chi connectivity index (χ2v) is 8.54. The van der Waals surface area contributed by atoms with E-state index in [-0.39, 0.29) is 23.0 Å². The van der Waals surface area contributed by atoms with Gasteiger partial charge in [0.15, 0.2) is 11.5 Å². The Morgan fingerprint density at radius 3 is 2.40 bits per heavy atom. The lowest BCUT2D eigenvalue weighted by molar-refractivity contribution is 0.0696. The second-order valence-electron chi connectivity index (χ2n) is 6.81. The zero-order chi connectivity index (χ0) is 22.3. The molecule has 0 radical (unpaired) electrons. The van der Waals surface area contributed by atoms with Crippen molar-refractivity contribution in [1.29, 1.82) is 0 Å². The minimum atomic E-state index is -3.93. The van der Waals surface area contributed by atoms with Gasteiger partial charge in [0.1, 0.15) is 4.90 Å². The van der Waals surface area contributed by atoms with Gasteiger partial charge in [-0.3, -0.25) is 0 Å². The highest BCUT2D eigenvalue weighted by Gasteiger charge is 2.21. The van der Waals surface area contributed by atoms with Gasteiger partial charge in [-0.2, -0.15) is 0 Å². The van der Waals surface area contributed by atoms with Crippen molar-refractivity contribution in [3.05, 3.63) is 47.5 Å². The molecule has 0 saturated heterocycles. The van der Waals surface area contributed by atoms with Crippen molar-refractivity contribution in [2.75, 3.05) is 26.1 Å². The molecule has 0 fully saturated rings. The molecule has 2 aromatic rings. The molecular weight excluding hydrogens is 408 g/mol. The fourth-order valence-corrected chi connectivity index (χ4v) is 4.03. The maximum Gasteiger partial charge on any atom is 0.335 e. The van der Waals surface area contributed by atoms with Gasteiger partial charge >= 0.3 is 5.97 Å². The highest BCUT2D eigenvalue weighted by atomic mass is 32.2. The zero-order valence-electron chi connectivity index (χ0n) is 17.6. The minimum Gasteiger partial charge on any atom is -0.493 e. The van der Waals surface area contributed by atoms with Crippen molar-refractivity contribution in [2.45, 2.75) is 37.6 Å². The third-order valence-corrected chi connectivity index (χ3v) is 6.19. The van der Waals surface area contributed by atoms with E-state index in [2.05, 4.69) is 10.0 Å². The summed E-state index contributed by atoms with van der Waals surface area (Å²) in [6.07, 6.45) is 1.21. The molecule has 0 aromatic heterocycles. The topological polar surface area (TPSA) is 114 Å². The molecule has 0 aliphatic rings. The molecule has 0 amide bonds. The standard InChI is InChI=1S/C21H28N2O6S/c1-5-14(2)23-17-8-7-16(21(24)25)13-20(17)30(26,27)22-11-10-15-6-9-18(28-3)19(12-15)29-4/h6-9,12-14,22-23H,5,10-11H2,1-4H3,(H,24,25)/t14-/m0/s1. The molecular formula is C21H28N2O6S. The van der Waals surface area contributed by atoms with Crippen LogP contribution in [0.25, 0.3) is 0 Å². The summed E-state index contributed by atoms with van der Waals surface area (Å²) in [7, 11) is -0.854. The lowest BCUT2D eigenvalue weighted by Gasteiger charge is -2.18. The fourth-order valence-electron chi connectivity index (χ4n) is 2.81. The molecule has 8 nitrogen and oxygen atoms in total. The van der Waals surface area contributed by atoms with Gasteiger partial charge in [-0.05, 0) is 55.7 Å². The van der Waals surface area contributed by atoms with Crippen LogP contribution < -0.4 is 19.5 Å². The van der Waals surface area contributed by atoms with Crippen molar-refractivity contribution in [2.24, 2.45) is 0 Å². The number of hydrogen-bond donors (Lipinski definition) is 3. The number of rotatable bonds is 11. The van der Waals surface area contributed by atoms with Gasteiger partial charge in [0.05, 0.1) is 25.5 Å². The SMILES string of the molecule is CC[C@H](C)Nc1ccc(C(=O)O)cc1S(=O)(=O)NCCc1ccc(OC)c(OC)c1. The van der Waals surface area contributed by atoms with Crippen molar-refractivity contribution < 1.29 is 27.8 Å². The molecule has 3 N–H and O–H groups in total.